The van der Waals surface area contributed by atoms with Crippen molar-refractivity contribution in [2.45, 2.75) is 6.92 Å². The van der Waals surface area contributed by atoms with Crippen LogP contribution in [0.15, 0.2) is 29.7 Å². The first-order chi connectivity index (χ1) is 6.27. The number of hydrogen-bond acceptors (Lipinski definition) is 3. The molecule has 0 unspecified atom stereocenters. The molecule has 68 valence electrons. The Morgan fingerprint density at radius 1 is 1.31 bits per heavy atom. The number of hydrogen-bond donors (Lipinski definition) is 1. The highest BCUT2D eigenvalue weighted by molar-refractivity contribution is 8.02. The molecule has 1 aliphatic heterocycles. The van der Waals surface area contributed by atoms with Crippen LogP contribution in [0.25, 0.3) is 5.70 Å². The smallest absolute Gasteiger partial charge is 0.0949 e. The summed E-state index contributed by atoms with van der Waals surface area (Å²) in [5.74, 6) is 0.628. The van der Waals surface area contributed by atoms with Crippen LogP contribution in [0.3, 0.4) is 0 Å². The van der Waals surface area contributed by atoms with Gasteiger partial charge < -0.3 is 0 Å². The molecule has 0 bridgehead atoms. The van der Waals surface area contributed by atoms with E-state index in [1.165, 1.54) is 10.6 Å². The summed E-state index contributed by atoms with van der Waals surface area (Å²) in [4.78, 5) is 0. The Kier molecular flexibility index (Phi) is 2.29. The molecule has 0 fully saturated rings. The van der Waals surface area contributed by atoms with Crippen molar-refractivity contribution >= 4 is 17.5 Å². The summed E-state index contributed by atoms with van der Waals surface area (Å²) in [7, 11) is 0. The summed E-state index contributed by atoms with van der Waals surface area (Å²) in [5, 5.41) is 12.7. The van der Waals surface area contributed by atoms with E-state index in [0.717, 1.165) is 11.3 Å². The van der Waals surface area contributed by atoms with Crippen LogP contribution < -0.4 is 0 Å². The molecule has 1 aromatic carbocycles. The highest BCUT2D eigenvalue weighted by Crippen LogP contribution is 2.28. The fourth-order valence-electron chi connectivity index (χ4n) is 1.26. The van der Waals surface area contributed by atoms with E-state index in [1.54, 1.807) is 11.8 Å². The second kappa shape index (κ2) is 3.44. The van der Waals surface area contributed by atoms with Crippen molar-refractivity contribution in [1.82, 2.24) is 5.06 Å². The molecule has 0 atom stereocenters. The number of rotatable bonds is 1. The molecule has 1 heterocycles. The predicted octanol–water partition coefficient (Wildman–Crippen LogP) is 2.69. The van der Waals surface area contributed by atoms with Crippen LogP contribution in [-0.4, -0.2) is 16.1 Å². The molecular weight excluding hydrogens is 182 g/mol. The van der Waals surface area contributed by atoms with Crippen molar-refractivity contribution in [2.75, 3.05) is 5.88 Å². The Balaban J connectivity index is 2.30. The van der Waals surface area contributed by atoms with Crippen LogP contribution in [0.2, 0.25) is 0 Å². The lowest BCUT2D eigenvalue weighted by Gasteiger charge is -2.12. The van der Waals surface area contributed by atoms with Gasteiger partial charge in [-0.1, -0.05) is 29.8 Å². The molecule has 0 spiro atoms. The van der Waals surface area contributed by atoms with Gasteiger partial charge in [0.2, 0.25) is 0 Å². The van der Waals surface area contributed by atoms with Crippen LogP contribution in [0, 0.1) is 6.92 Å². The third-order valence-electron chi connectivity index (χ3n) is 2.02. The summed E-state index contributed by atoms with van der Waals surface area (Å²) < 4.78 is 0. The van der Waals surface area contributed by atoms with Crippen LogP contribution in [0.5, 0.6) is 0 Å². The van der Waals surface area contributed by atoms with E-state index in [1.807, 2.05) is 29.7 Å². The summed E-state index contributed by atoms with van der Waals surface area (Å²) in [6, 6.07) is 8.15. The summed E-state index contributed by atoms with van der Waals surface area (Å²) in [5.41, 5.74) is 3.20. The molecule has 3 heteroatoms. The zero-order valence-electron chi connectivity index (χ0n) is 7.40. The van der Waals surface area contributed by atoms with E-state index in [0.29, 0.717) is 5.88 Å². The van der Waals surface area contributed by atoms with Crippen molar-refractivity contribution < 1.29 is 5.21 Å². The van der Waals surface area contributed by atoms with E-state index in [2.05, 4.69) is 6.92 Å². The maximum absolute atomic E-state index is 9.46. The molecular formula is C10H11NOS. The minimum Gasteiger partial charge on any atom is -0.288 e. The van der Waals surface area contributed by atoms with Gasteiger partial charge in [0.25, 0.3) is 0 Å². The van der Waals surface area contributed by atoms with Crippen molar-refractivity contribution in [3.05, 3.63) is 40.8 Å². The topological polar surface area (TPSA) is 23.5 Å². The first-order valence-electron chi connectivity index (χ1n) is 4.12. The number of thioether (sulfide) groups is 1. The molecule has 0 aliphatic carbocycles. The van der Waals surface area contributed by atoms with Crippen LogP contribution >= 0.6 is 11.8 Å². The predicted molar refractivity (Wildman–Crippen MR) is 55.2 cm³/mol. The fraction of sp³-hybridized carbons (Fsp3) is 0.200. The van der Waals surface area contributed by atoms with Crippen LogP contribution in [-0.2, 0) is 0 Å². The lowest BCUT2D eigenvalue weighted by atomic mass is 10.1. The van der Waals surface area contributed by atoms with E-state index in [-0.39, 0.29) is 0 Å². The average molecular weight is 193 g/mol. The van der Waals surface area contributed by atoms with E-state index in [4.69, 9.17) is 0 Å². The summed E-state index contributed by atoms with van der Waals surface area (Å²) in [6.45, 7) is 2.05. The van der Waals surface area contributed by atoms with Gasteiger partial charge in [0.15, 0.2) is 0 Å². The minimum absolute atomic E-state index is 0.628. The van der Waals surface area contributed by atoms with Crippen molar-refractivity contribution in [3.8, 4) is 0 Å². The SMILES string of the molecule is Cc1ccc(C2=CSCN2O)cc1. The normalized spacial score (nSPS) is 16.2. The lowest BCUT2D eigenvalue weighted by Crippen LogP contribution is -2.11. The van der Waals surface area contributed by atoms with E-state index in [9.17, 15) is 5.21 Å². The van der Waals surface area contributed by atoms with Gasteiger partial charge in [0.05, 0.1) is 11.6 Å². The van der Waals surface area contributed by atoms with Gasteiger partial charge in [-0.25, -0.2) is 5.06 Å². The molecule has 0 amide bonds. The van der Waals surface area contributed by atoms with E-state index < -0.39 is 0 Å². The summed E-state index contributed by atoms with van der Waals surface area (Å²) >= 11 is 1.60. The Hall–Kier alpha value is -0.930. The van der Waals surface area contributed by atoms with Gasteiger partial charge >= 0.3 is 0 Å². The maximum Gasteiger partial charge on any atom is 0.0949 e. The van der Waals surface area contributed by atoms with Gasteiger partial charge in [-0.3, -0.25) is 5.21 Å². The monoisotopic (exact) mass is 193 g/mol. The van der Waals surface area contributed by atoms with Crippen LogP contribution in [0.4, 0.5) is 0 Å². The minimum atomic E-state index is 0.628. The molecule has 13 heavy (non-hydrogen) atoms. The van der Waals surface area contributed by atoms with Crippen molar-refractivity contribution in [2.24, 2.45) is 0 Å². The Morgan fingerprint density at radius 3 is 2.54 bits per heavy atom. The summed E-state index contributed by atoms with van der Waals surface area (Å²) in [6.07, 6.45) is 0. The van der Waals surface area contributed by atoms with Crippen molar-refractivity contribution in [3.63, 3.8) is 0 Å². The van der Waals surface area contributed by atoms with Gasteiger partial charge in [0.1, 0.15) is 0 Å². The third-order valence-corrected chi connectivity index (χ3v) is 2.80. The molecule has 0 radical (unpaired) electrons. The second-order valence-corrected chi connectivity index (χ2v) is 3.89. The molecule has 0 aromatic heterocycles. The standard InChI is InChI=1S/C10H11NOS/c1-8-2-4-9(5-3-8)10-6-13-7-11(10)12/h2-6,12H,7H2,1H3. The number of benzene rings is 1. The maximum atomic E-state index is 9.46. The molecule has 2 nitrogen and oxygen atoms in total. The van der Waals surface area contributed by atoms with Gasteiger partial charge in [-0.15, -0.1) is 11.8 Å². The van der Waals surface area contributed by atoms with Crippen molar-refractivity contribution in [1.29, 1.82) is 0 Å². The number of hydroxylamine groups is 2. The molecule has 0 saturated carbocycles. The zero-order chi connectivity index (χ0) is 9.26. The fourth-order valence-corrected chi connectivity index (χ4v) is 2.03. The van der Waals surface area contributed by atoms with E-state index >= 15 is 0 Å². The average Bonchev–Trinajstić information content (AvgIpc) is 2.53. The molecule has 0 saturated heterocycles. The first kappa shape index (κ1) is 8.66. The zero-order valence-corrected chi connectivity index (χ0v) is 8.21. The quantitative estimate of drug-likeness (QED) is 0.741. The third kappa shape index (κ3) is 1.71. The first-order valence-corrected chi connectivity index (χ1v) is 5.17. The largest absolute Gasteiger partial charge is 0.288 e. The van der Waals surface area contributed by atoms with Crippen LogP contribution in [0.1, 0.15) is 11.1 Å². The highest BCUT2D eigenvalue weighted by Gasteiger charge is 2.14. The van der Waals surface area contributed by atoms with Gasteiger partial charge in [-0.2, -0.15) is 0 Å². The Bertz CT molecular complexity index is 331. The Morgan fingerprint density at radius 2 is 2.00 bits per heavy atom. The van der Waals surface area contributed by atoms with Gasteiger partial charge in [-0.05, 0) is 12.3 Å². The molecule has 1 N–H and O–H groups in total. The number of aryl methyl sites for hydroxylation is 1. The second-order valence-electron chi connectivity index (χ2n) is 3.06. The molecule has 1 aliphatic rings. The highest BCUT2D eigenvalue weighted by atomic mass is 32.2. The van der Waals surface area contributed by atoms with Gasteiger partial charge in [0, 0.05) is 5.56 Å². The number of nitrogens with zero attached hydrogens (tertiary/aromatic N) is 1. The molecule has 2 rings (SSSR count). The Labute approximate surface area is 81.8 Å². The molecule has 1 aromatic rings. The lowest BCUT2D eigenvalue weighted by molar-refractivity contribution is -0.00409.